The minimum atomic E-state index is -0.230. The summed E-state index contributed by atoms with van der Waals surface area (Å²) in [5, 5.41) is 12.9. The Morgan fingerprint density at radius 2 is 2.43 bits per heavy atom. The van der Waals surface area contributed by atoms with E-state index >= 15 is 0 Å². The fourth-order valence-corrected chi connectivity index (χ4v) is 3.03. The molecule has 0 spiro atoms. The third-order valence-electron chi connectivity index (χ3n) is 3.20. The predicted octanol–water partition coefficient (Wildman–Crippen LogP) is 2.95. The maximum Gasteiger partial charge on any atom is 0.225 e. The molecule has 1 heterocycles. The van der Waals surface area contributed by atoms with Gasteiger partial charge in [0.25, 0.3) is 0 Å². The summed E-state index contributed by atoms with van der Waals surface area (Å²) >= 11 is 1.42. The monoisotopic (exact) mass is 300 g/mol. The van der Waals surface area contributed by atoms with Gasteiger partial charge in [-0.1, -0.05) is 18.2 Å². The first-order chi connectivity index (χ1) is 10.2. The van der Waals surface area contributed by atoms with Crippen LogP contribution in [0.25, 0.3) is 0 Å². The smallest absolute Gasteiger partial charge is 0.225 e. The first-order valence-corrected chi connectivity index (χ1v) is 7.50. The summed E-state index contributed by atoms with van der Waals surface area (Å²) in [7, 11) is 1.60. The largest absolute Gasteiger partial charge is 0.497 e. The highest BCUT2D eigenvalue weighted by Gasteiger charge is 2.29. The van der Waals surface area contributed by atoms with Crippen molar-refractivity contribution in [3.8, 4) is 11.8 Å². The van der Waals surface area contributed by atoms with Gasteiger partial charge in [0.1, 0.15) is 5.75 Å². The molecule has 1 aromatic carbocycles. The summed E-state index contributed by atoms with van der Waals surface area (Å²) < 4.78 is 5.22. The number of nitrogens with zero attached hydrogens (tertiary/aromatic N) is 1. The number of benzene rings is 1. The van der Waals surface area contributed by atoms with Gasteiger partial charge in [-0.3, -0.25) is 4.79 Å². The number of allylic oxidation sites excluding steroid dienone is 1. The summed E-state index contributed by atoms with van der Waals surface area (Å²) in [5.74, 6) is 1.06. The quantitative estimate of drug-likeness (QED) is 0.849. The van der Waals surface area contributed by atoms with Crippen LogP contribution in [0.2, 0.25) is 0 Å². The summed E-state index contributed by atoms with van der Waals surface area (Å²) in [5.41, 5.74) is 1.51. The van der Waals surface area contributed by atoms with Crippen molar-refractivity contribution in [2.24, 2.45) is 0 Å². The molecule has 0 unspecified atom stereocenters. The van der Waals surface area contributed by atoms with Gasteiger partial charge in [0, 0.05) is 18.1 Å². The first-order valence-electron chi connectivity index (χ1n) is 6.51. The normalized spacial score (nSPS) is 17.9. The fraction of sp³-hybridized carbons (Fsp3) is 0.250. The number of amides is 1. The van der Waals surface area contributed by atoms with Crippen molar-refractivity contribution in [1.29, 1.82) is 5.26 Å². The van der Waals surface area contributed by atoms with E-state index in [0.29, 0.717) is 16.4 Å². The van der Waals surface area contributed by atoms with Crippen molar-refractivity contribution >= 4 is 17.7 Å². The highest BCUT2D eigenvalue weighted by atomic mass is 32.2. The Morgan fingerprint density at radius 1 is 1.62 bits per heavy atom. The zero-order valence-electron chi connectivity index (χ0n) is 11.8. The Bertz CT molecular complexity index is 631. The number of nitriles is 1. The lowest BCUT2D eigenvalue weighted by atomic mass is 9.87. The summed E-state index contributed by atoms with van der Waals surface area (Å²) in [4.78, 5) is 11.9. The van der Waals surface area contributed by atoms with E-state index in [2.05, 4.69) is 18.0 Å². The van der Waals surface area contributed by atoms with Crippen molar-refractivity contribution in [2.45, 2.75) is 12.3 Å². The molecule has 0 saturated carbocycles. The molecule has 1 aromatic rings. The number of nitrogens with one attached hydrogen (secondary N) is 1. The molecule has 0 fully saturated rings. The molecule has 2 rings (SSSR count). The Hall–Kier alpha value is -2.19. The lowest BCUT2D eigenvalue weighted by Gasteiger charge is -2.25. The van der Waals surface area contributed by atoms with Crippen LogP contribution >= 0.6 is 11.8 Å². The number of ether oxygens (including phenoxy) is 1. The highest BCUT2D eigenvalue weighted by Crippen LogP contribution is 2.36. The molecule has 1 atom stereocenters. The molecule has 0 aromatic heterocycles. The van der Waals surface area contributed by atoms with E-state index in [1.165, 1.54) is 11.8 Å². The number of rotatable bonds is 5. The number of carbonyl (C=O) groups is 1. The van der Waals surface area contributed by atoms with Gasteiger partial charge in [-0.2, -0.15) is 5.26 Å². The number of hydrogen-bond donors (Lipinski definition) is 1. The second-order valence-electron chi connectivity index (χ2n) is 4.54. The van der Waals surface area contributed by atoms with E-state index in [9.17, 15) is 10.1 Å². The molecule has 1 aliphatic rings. The van der Waals surface area contributed by atoms with E-state index in [1.807, 2.05) is 24.3 Å². The molecular weight excluding hydrogens is 284 g/mol. The van der Waals surface area contributed by atoms with Crippen molar-refractivity contribution in [1.82, 2.24) is 5.32 Å². The number of carbonyl (C=O) groups excluding carboxylic acids is 1. The van der Waals surface area contributed by atoms with Gasteiger partial charge in [0.2, 0.25) is 5.91 Å². The van der Waals surface area contributed by atoms with Gasteiger partial charge in [-0.25, -0.2) is 0 Å². The zero-order valence-corrected chi connectivity index (χ0v) is 12.6. The Balaban J connectivity index is 2.41. The van der Waals surface area contributed by atoms with Crippen LogP contribution in [0.4, 0.5) is 0 Å². The number of methoxy groups -OCH3 is 1. The molecule has 5 heteroatoms. The molecule has 1 amide bonds. The maximum absolute atomic E-state index is 11.9. The lowest BCUT2D eigenvalue weighted by Crippen LogP contribution is -2.30. The van der Waals surface area contributed by atoms with Crippen LogP contribution < -0.4 is 10.1 Å². The highest BCUT2D eigenvalue weighted by molar-refractivity contribution is 8.03. The maximum atomic E-state index is 11.9. The third kappa shape index (κ3) is 3.47. The standard InChI is InChI=1S/C16H16N2O2S/c1-3-7-21-16-14(10-17)13(9-15(19)18-16)11-5-4-6-12(8-11)20-2/h3-6,8,13H,1,7,9H2,2H3,(H,18,19)/t13-/m1/s1. The van der Waals surface area contributed by atoms with Gasteiger partial charge >= 0.3 is 0 Å². The van der Waals surface area contributed by atoms with Gasteiger partial charge in [-0.15, -0.1) is 18.3 Å². The summed E-state index contributed by atoms with van der Waals surface area (Å²) in [6, 6.07) is 9.74. The van der Waals surface area contributed by atoms with Crippen LogP contribution in [0.5, 0.6) is 5.75 Å². The molecule has 21 heavy (non-hydrogen) atoms. The molecule has 108 valence electrons. The van der Waals surface area contributed by atoms with E-state index in [4.69, 9.17) is 4.74 Å². The second kappa shape index (κ2) is 7.00. The number of thioether (sulfide) groups is 1. The SMILES string of the molecule is C=CCSC1=C(C#N)[C@@H](c2cccc(OC)c2)CC(=O)N1. The van der Waals surface area contributed by atoms with Crippen LogP contribution in [-0.4, -0.2) is 18.8 Å². The molecule has 0 radical (unpaired) electrons. The van der Waals surface area contributed by atoms with E-state index in [1.54, 1.807) is 13.2 Å². The minimum Gasteiger partial charge on any atom is -0.497 e. The third-order valence-corrected chi connectivity index (χ3v) is 4.21. The van der Waals surface area contributed by atoms with Gasteiger partial charge in [0.15, 0.2) is 0 Å². The van der Waals surface area contributed by atoms with Crippen molar-refractivity contribution in [2.75, 3.05) is 12.9 Å². The van der Waals surface area contributed by atoms with Gasteiger partial charge in [-0.05, 0) is 17.7 Å². The second-order valence-corrected chi connectivity index (χ2v) is 5.57. The molecular formula is C16H16N2O2S. The first kappa shape index (κ1) is 15.2. The van der Waals surface area contributed by atoms with Crippen LogP contribution in [0.3, 0.4) is 0 Å². The van der Waals surface area contributed by atoms with Crippen molar-refractivity contribution < 1.29 is 9.53 Å². The fourth-order valence-electron chi connectivity index (χ4n) is 2.22. The van der Waals surface area contributed by atoms with Crippen LogP contribution in [-0.2, 0) is 4.79 Å². The Kier molecular flexibility index (Phi) is 5.07. The van der Waals surface area contributed by atoms with E-state index < -0.39 is 0 Å². The summed E-state index contributed by atoms with van der Waals surface area (Å²) in [6.45, 7) is 3.66. The number of hydrogen-bond acceptors (Lipinski definition) is 4. The van der Waals surface area contributed by atoms with Crippen LogP contribution in [0, 0.1) is 11.3 Å². The van der Waals surface area contributed by atoms with Crippen LogP contribution in [0.15, 0.2) is 47.5 Å². The van der Waals surface area contributed by atoms with E-state index in [-0.39, 0.29) is 18.2 Å². The molecule has 0 aliphatic carbocycles. The van der Waals surface area contributed by atoms with Gasteiger partial charge < -0.3 is 10.1 Å². The average Bonchev–Trinajstić information content (AvgIpc) is 2.52. The predicted molar refractivity (Wildman–Crippen MR) is 83.8 cm³/mol. The van der Waals surface area contributed by atoms with Crippen molar-refractivity contribution in [3.63, 3.8) is 0 Å². The minimum absolute atomic E-state index is 0.0756. The zero-order chi connectivity index (χ0) is 15.2. The molecule has 0 bridgehead atoms. The molecule has 0 saturated heterocycles. The van der Waals surface area contributed by atoms with E-state index in [0.717, 1.165) is 11.3 Å². The summed E-state index contributed by atoms with van der Waals surface area (Å²) in [6.07, 6.45) is 2.02. The molecule has 1 N–H and O–H groups in total. The topological polar surface area (TPSA) is 62.1 Å². The van der Waals surface area contributed by atoms with Gasteiger partial charge in [0.05, 0.1) is 23.8 Å². The Labute approximate surface area is 128 Å². The molecule has 1 aliphatic heterocycles. The molecule has 4 nitrogen and oxygen atoms in total. The lowest BCUT2D eigenvalue weighted by molar-refractivity contribution is -0.120. The Morgan fingerprint density at radius 3 is 3.10 bits per heavy atom. The average molecular weight is 300 g/mol. The van der Waals surface area contributed by atoms with Crippen molar-refractivity contribution in [3.05, 3.63) is 53.1 Å². The van der Waals surface area contributed by atoms with Crippen LogP contribution in [0.1, 0.15) is 17.9 Å².